The molecule has 0 spiro atoms. The SMILES string of the molecule is O=C(c1cc([N+](=O)[O-])ccc1I)N(CCO)C1CCCC1. The fourth-order valence-electron chi connectivity index (χ4n) is 2.72. The van der Waals surface area contributed by atoms with E-state index in [1.54, 1.807) is 11.0 Å². The van der Waals surface area contributed by atoms with Crippen molar-refractivity contribution in [1.82, 2.24) is 4.90 Å². The van der Waals surface area contributed by atoms with E-state index in [4.69, 9.17) is 0 Å². The number of carbonyl (C=O) groups is 1. The Balaban J connectivity index is 2.31. The van der Waals surface area contributed by atoms with Crippen molar-refractivity contribution >= 4 is 34.2 Å². The lowest BCUT2D eigenvalue weighted by atomic mass is 10.1. The van der Waals surface area contributed by atoms with Crippen LogP contribution in [0.5, 0.6) is 0 Å². The third-order valence-electron chi connectivity index (χ3n) is 3.76. The number of hydrogen-bond acceptors (Lipinski definition) is 4. The molecule has 114 valence electrons. The summed E-state index contributed by atoms with van der Waals surface area (Å²) in [7, 11) is 0. The molecule has 1 aliphatic carbocycles. The monoisotopic (exact) mass is 404 g/mol. The Bertz CT molecular complexity index is 544. The highest BCUT2D eigenvalue weighted by Gasteiger charge is 2.28. The third-order valence-corrected chi connectivity index (χ3v) is 4.70. The predicted octanol–water partition coefficient (Wildman–Crippen LogP) is 2.58. The molecule has 21 heavy (non-hydrogen) atoms. The van der Waals surface area contributed by atoms with E-state index >= 15 is 0 Å². The number of carbonyl (C=O) groups excluding carboxylic acids is 1. The summed E-state index contributed by atoms with van der Waals surface area (Å²) in [5, 5.41) is 20.1. The van der Waals surface area contributed by atoms with E-state index in [0.717, 1.165) is 25.7 Å². The van der Waals surface area contributed by atoms with Crippen LogP contribution in [0.1, 0.15) is 36.0 Å². The number of benzene rings is 1. The van der Waals surface area contributed by atoms with Crippen LogP contribution in [0.4, 0.5) is 5.69 Å². The molecule has 1 saturated carbocycles. The van der Waals surface area contributed by atoms with Gasteiger partial charge in [0.2, 0.25) is 0 Å². The first kappa shape index (κ1) is 16.2. The number of nitrogens with zero attached hydrogens (tertiary/aromatic N) is 2. The molecule has 0 heterocycles. The van der Waals surface area contributed by atoms with Gasteiger partial charge in [-0.3, -0.25) is 14.9 Å². The molecule has 7 heteroatoms. The van der Waals surface area contributed by atoms with Gasteiger partial charge in [-0.1, -0.05) is 12.8 Å². The van der Waals surface area contributed by atoms with Crippen molar-refractivity contribution in [3.05, 3.63) is 37.4 Å². The van der Waals surface area contributed by atoms with E-state index in [2.05, 4.69) is 0 Å². The van der Waals surface area contributed by atoms with Crippen molar-refractivity contribution in [2.75, 3.05) is 13.2 Å². The number of nitro benzene ring substituents is 1. The zero-order valence-electron chi connectivity index (χ0n) is 11.5. The first-order chi connectivity index (χ1) is 10.0. The Hall–Kier alpha value is -1.22. The summed E-state index contributed by atoms with van der Waals surface area (Å²) in [5.74, 6) is -0.232. The quantitative estimate of drug-likeness (QED) is 0.465. The van der Waals surface area contributed by atoms with Crippen molar-refractivity contribution in [1.29, 1.82) is 0 Å². The molecule has 0 aromatic heterocycles. The molecule has 0 radical (unpaired) electrons. The zero-order chi connectivity index (χ0) is 15.4. The lowest BCUT2D eigenvalue weighted by molar-refractivity contribution is -0.384. The van der Waals surface area contributed by atoms with Crippen molar-refractivity contribution in [3.8, 4) is 0 Å². The molecule has 1 aliphatic rings. The average Bonchev–Trinajstić information content (AvgIpc) is 2.98. The van der Waals surface area contributed by atoms with Crippen LogP contribution in [0.15, 0.2) is 18.2 Å². The Morgan fingerprint density at radius 3 is 2.67 bits per heavy atom. The minimum Gasteiger partial charge on any atom is -0.395 e. The van der Waals surface area contributed by atoms with Gasteiger partial charge in [-0.25, -0.2) is 0 Å². The summed E-state index contributed by atoms with van der Waals surface area (Å²) in [4.78, 5) is 24.7. The van der Waals surface area contributed by atoms with E-state index in [-0.39, 0.29) is 30.8 Å². The fourth-order valence-corrected chi connectivity index (χ4v) is 3.29. The summed E-state index contributed by atoms with van der Waals surface area (Å²) in [5.41, 5.74) is 0.249. The van der Waals surface area contributed by atoms with Gasteiger partial charge in [0.25, 0.3) is 11.6 Å². The third kappa shape index (κ3) is 3.70. The number of aliphatic hydroxyl groups excluding tert-OH is 1. The minimum absolute atomic E-state index is 0.0888. The molecule has 1 amide bonds. The van der Waals surface area contributed by atoms with Gasteiger partial charge in [-0.05, 0) is 41.5 Å². The highest BCUT2D eigenvalue weighted by atomic mass is 127. The molecule has 1 fully saturated rings. The van der Waals surface area contributed by atoms with Crippen LogP contribution in [0.25, 0.3) is 0 Å². The van der Waals surface area contributed by atoms with E-state index in [0.29, 0.717) is 9.13 Å². The molecule has 0 bridgehead atoms. The summed E-state index contributed by atoms with van der Waals surface area (Å²) in [6, 6.07) is 4.42. The molecule has 2 rings (SSSR count). The van der Waals surface area contributed by atoms with E-state index in [9.17, 15) is 20.0 Å². The lowest BCUT2D eigenvalue weighted by Crippen LogP contribution is -2.41. The molecule has 0 aliphatic heterocycles. The maximum absolute atomic E-state index is 12.7. The van der Waals surface area contributed by atoms with Crippen molar-refractivity contribution < 1.29 is 14.8 Å². The number of rotatable bonds is 5. The molecule has 1 aromatic rings. The standard InChI is InChI=1S/C14H17IN2O4/c15-13-6-5-11(17(20)21)9-12(13)14(19)16(7-8-18)10-3-1-2-4-10/h5-6,9-10,18H,1-4,7-8H2. The van der Waals surface area contributed by atoms with Crippen LogP contribution < -0.4 is 0 Å². The van der Waals surface area contributed by atoms with Crippen molar-refractivity contribution in [2.45, 2.75) is 31.7 Å². The maximum atomic E-state index is 12.7. The number of amides is 1. The summed E-state index contributed by atoms with van der Waals surface area (Å²) < 4.78 is 0.684. The van der Waals surface area contributed by atoms with Gasteiger partial charge < -0.3 is 10.0 Å². The predicted molar refractivity (Wildman–Crippen MR) is 86.2 cm³/mol. The van der Waals surface area contributed by atoms with E-state index in [1.807, 2.05) is 22.6 Å². The first-order valence-corrected chi connectivity index (χ1v) is 7.98. The highest BCUT2D eigenvalue weighted by Crippen LogP contribution is 2.27. The van der Waals surface area contributed by atoms with Crippen LogP contribution in [-0.2, 0) is 0 Å². The van der Waals surface area contributed by atoms with Crippen LogP contribution in [0.2, 0.25) is 0 Å². The zero-order valence-corrected chi connectivity index (χ0v) is 13.7. The largest absolute Gasteiger partial charge is 0.395 e. The normalized spacial score (nSPS) is 15.1. The molecular formula is C14H17IN2O4. The molecule has 1 N–H and O–H groups in total. The summed E-state index contributed by atoms with van der Waals surface area (Å²) in [6.45, 7) is 0.163. The van der Waals surface area contributed by atoms with Gasteiger partial charge in [0.15, 0.2) is 0 Å². The molecule has 0 saturated heterocycles. The Morgan fingerprint density at radius 1 is 1.43 bits per heavy atom. The summed E-state index contributed by atoms with van der Waals surface area (Å²) >= 11 is 2.01. The van der Waals surface area contributed by atoms with Crippen LogP contribution in [0, 0.1) is 13.7 Å². The second kappa shape index (κ2) is 7.17. The molecule has 0 atom stereocenters. The number of hydrogen-bond donors (Lipinski definition) is 1. The van der Waals surface area contributed by atoms with E-state index in [1.165, 1.54) is 12.1 Å². The number of nitro groups is 1. The van der Waals surface area contributed by atoms with Crippen LogP contribution >= 0.6 is 22.6 Å². The fraction of sp³-hybridized carbons (Fsp3) is 0.500. The second-order valence-electron chi connectivity index (χ2n) is 5.08. The van der Waals surface area contributed by atoms with Gasteiger partial charge in [0.05, 0.1) is 17.1 Å². The smallest absolute Gasteiger partial charge is 0.270 e. The Labute approximate surface area is 136 Å². The van der Waals surface area contributed by atoms with Gasteiger partial charge in [0.1, 0.15) is 0 Å². The number of non-ortho nitro benzene ring substituents is 1. The van der Waals surface area contributed by atoms with Crippen molar-refractivity contribution in [2.24, 2.45) is 0 Å². The molecule has 0 unspecified atom stereocenters. The highest BCUT2D eigenvalue weighted by molar-refractivity contribution is 14.1. The second-order valence-corrected chi connectivity index (χ2v) is 6.24. The van der Waals surface area contributed by atoms with Gasteiger partial charge in [-0.2, -0.15) is 0 Å². The number of halogens is 1. The van der Waals surface area contributed by atoms with Crippen LogP contribution in [-0.4, -0.2) is 40.0 Å². The molecule has 6 nitrogen and oxygen atoms in total. The molecular weight excluding hydrogens is 387 g/mol. The topological polar surface area (TPSA) is 83.7 Å². The van der Waals surface area contributed by atoms with E-state index < -0.39 is 4.92 Å². The van der Waals surface area contributed by atoms with Crippen LogP contribution in [0.3, 0.4) is 0 Å². The number of aliphatic hydroxyl groups is 1. The average molecular weight is 404 g/mol. The Kier molecular flexibility index (Phi) is 5.51. The first-order valence-electron chi connectivity index (χ1n) is 6.90. The van der Waals surface area contributed by atoms with Crippen molar-refractivity contribution in [3.63, 3.8) is 0 Å². The summed E-state index contributed by atoms with van der Waals surface area (Å²) in [6.07, 6.45) is 4.01. The lowest BCUT2D eigenvalue weighted by Gasteiger charge is -2.28. The van der Waals surface area contributed by atoms with Gasteiger partial charge in [0, 0.05) is 28.3 Å². The van der Waals surface area contributed by atoms with Gasteiger partial charge >= 0.3 is 0 Å². The Morgan fingerprint density at radius 2 is 2.10 bits per heavy atom. The van der Waals surface area contributed by atoms with Gasteiger partial charge in [-0.15, -0.1) is 0 Å². The maximum Gasteiger partial charge on any atom is 0.270 e. The molecule has 1 aromatic carbocycles. The minimum atomic E-state index is -0.501.